The summed E-state index contributed by atoms with van der Waals surface area (Å²) in [7, 11) is 0. The first kappa shape index (κ1) is 10.6. The molecule has 1 aromatic rings. The van der Waals surface area contributed by atoms with Crippen LogP contribution in [0.5, 0.6) is 0 Å². The Balaban J connectivity index is 1.98. The normalized spacial score (nSPS) is 20.1. The molecule has 3 heteroatoms. The predicted octanol–water partition coefficient (Wildman–Crippen LogP) is 3.29. The van der Waals surface area contributed by atoms with Gasteiger partial charge in [-0.05, 0) is 31.0 Å². The molecule has 0 radical (unpaired) electrons. The summed E-state index contributed by atoms with van der Waals surface area (Å²) in [4.78, 5) is 4.48. The first-order valence-corrected chi connectivity index (χ1v) is 6.20. The van der Waals surface area contributed by atoms with E-state index in [1.54, 1.807) is 0 Å². The van der Waals surface area contributed by atoms with Crippen LogP contribution >= 0.6 is 11.8 Å². The molecule has 0 aliphatic carbocycles. The number of aryl methyl sites for hydroxylation is 1. The first-order valence-electron chi connectivity index (χ1n) is 5.32. The largest absolute Gasteiger partial charge is 0.335 e. The zero-order chi connectivity index (χ0) is 10.7. The number of hydrogen-bond donors (Lipinski definition) is 1. The number of nitrogens with one attached hydrogen (secondary N) is 1. The van der Waals surface area contributed by atoms with Gasteiger partial charge in [-0.1, -0.05) is 30.8 Å². The molecule has 1 aliphatic rings. The fraction of sp³-hybridized carbons (Fsp3) is 0.417. The summed E-state index contributed by atoms with van der Waals surface area (Å²) >= 11 is 1.85. The maximum Gasteiger partial charge on any atom is 0.161 e. The summed E-state index contributed by atoms with van der Waals surface area (Å²) in [5.41, 5.74) is 2.41. The van der Waals surface area contributed by atoms with Gasteiger partial charge in [-0.25, -0.2) is 0 Å². The Morgan fingerprint density at radius 3 is 3.07 bits per heavy atom. The van der Waals surface area contributed by atoms with Gasteiger partial charge in [-0.15, -0.1) is 0 Å². The summed E-state index contributed by atoms with van der Waals surface area (Å²) < 4.78 is 0. The Hall–Kier alpha value is -0.960. The third-order valence-electron chi connectivity index (χ3n) is 2.44. The fourth-order valence-corrected chi connectivity index (χ4v) is 2.50. The number of hydrogen-bond acceptors (Lipinski definition) is 3. The van der Waals surface area contributed by atoms with Crippen molar-refractivity contribution in [3.63, 3.8) is 0 Å². The number of benzene rings is 1. The van der Waals surface area contributed by atoms with Crippen LogP contribution in [0.25, 0.3) is 0 Å². The van der Waals surface area contributed by atoms with Crippen molar-refractivity contribution in [2.24, 2.45) is 4.99 Å². The van der Waals surface area contributed by atoms with Crippen LogP contribution in [0, 0.1) is 6.92 Å². The standard InChI is InChI=1S/C12H16N2S/c1-3-11-8-13-12(15-11)14-10-6-4-5-9(2)7-10/h4-7,11H,3,8H2,1-2H3,(H,13,14)/t11-/m0/s1. The number of rotatable bonds is 2. The molecule has 0 fully saturated rings. The minimum Gasteiger partial charge on any atom is -0.335 e. The predicted molar refractivity (Wildman–Crippen MR) is 68.8 cm³/mol. The van der Waals surface area contributed by atoms with Gasteiger partial charge in [0.15, 0.2) is 5.17 Å². The van der Waals surface area contributed by atoms with Crippen molar-refractivity contribution in [3.8, 4) is 0 Å². The zero-order valence-corrected chi connectivity index (χ0v) is 9.97. The van der Waals surface area contributed by atoms with Crippen LogP contribution in [0.2, 0.25) is 0 Å². The van der Waals surface area contributed by atoms with Crippen LogP contribution in [-0.4, -0.2) is 17.0 Å². The van der Waals surface area contributed by atoms with E-state index in [0.29, 0.717) is 5.25 Å². The molecule has 0 bridgehead atoms. The lowest BCUT2D eigenvalue weighted by atomic mass is 10.2. The van der Waals surface area contributed by atoms with E-state index in [9.17, 15) is 0 Å². The molecule has 0 unspecified atom stereocenters. The van der Waals surface area contributed by atoms with Crippen molar-refractivity contribution in [1.82, 2.24) is 0 Å². The highest BCUT2D eigenvalue weighted by atomic mass is 32.2. The number of aliphatic imine (C=N–C) groups is 1. The molecule has 0 amide bonds. The van der Waals surface area contributed by atoms with Crippen LogP contribution in [-0.2, 0) is 0 Å². The van der Waals surface area contributed by atoms with E-state index >= 15 is 0 Å². The van der Waals surface area contributed by atoms with Crippen molar-refractivity contribution >= 4 is 22.6 Å². The lowest BCUT2D eigenvalue weighted by molar-refractivity contribution is 0.843. The Bertz CT molecular complexity index is 374. The Kier molecular flexibility index (Phi) is 3.31. The van der Waals surface area contributed by atoms with Crippen molar-refractivity contribution in [2.45, 2.75) is 25.5 Å². The first-order chi connectivity index (χ1) is 7.28. The Morgan fingerprint density at radius 1 is 1.53 bits per heavy atom. The number of nitrogens with zero attached hydrogens (tertiary/aromatic N) is 1. The molecule has 0 saturated heterocycles. The molecule has 80 valence electrons. The minimum atomic E-state index is 0.664. The summed E-state index contributed by atoms with van der Waals surface area (Å²) in [5.74, 6) is 0. The fourth-order valence-electron chi connectivity index (χ4n) is 1.54. The molecule has 1 heterocycles. The van der Waals surface area contributed by atoms with Crippen molar-refractivity contribution in [2.75, 3.05) is 11.9 Å². The Morgan fingerprint density at radius 2 is 2.40 bits per heavy atom. The van der Waals surface area contributed by atoms with E-state index < -0.39 is 0 Å². The van der Waals surface area contributed by atoms with Crippen molar-refractivity contribution in [3.05, 3.63) is 29.8 Å². The van der Waals surface area contributed by atoms with E-state index in [1.807, 2.05) is 11.8 Å². The number of anilines is 1. The third-order valence-corrected chi connectivity index (χ3v) is 3.71. The average molecular weight is 220 g/mol. The second-order valence-electron chi connectivity index (χ2n) is 3.79. The van der Waals surface area contributed by atoms with Crippen molar-refractivity contribution < 1.29 is 0 Å². The highest BCUT2D eigenvalue weighted by molar-refractivity contribution is 8.15. The second-order valence-corrected chi connectivity index (χ2v) is 5.08. The lowest BCUT2D eigenvalue weighted by Crippen LogP contribution is -2.06. The molecular weight excluding hydrogens is 204 g/mol. The van der Waals surface area contributed by atoms with Crippen molar-refractivity contribution in [1.29, 1.82) is 0 Å². The molecule has 1 atom stereocenters. The van der Waals surface area contributed by atoms with E-state index in [0.717, 1.165) is 17.4 Å². The van der Waals surface area contributed by atoms with Crippen LogP contribution in [0.4, 0.5) is 5.69 Å². The zero-order valence-electron chi connectivity index (χ0n) is 9.16. The molecule has 1 aromatic carbocycles. The summed E-state index contributed by atoms with van der Waals surface area (Å²) in [6.07, 6.45) is 1.19. The summed E-state index contributed by atoms with van der Waals surface area (Å²) in [5, 5.41) is 5.09. The topological polar surface area (TPSA) is 24.4 Å². The molecule has 15 heavy (non-hydrogen) atoms. The maximum absolute atomic E-state index is 4.48. The molecule has 1 N–H and O–H groups in total. The highest BCUT2D eigenvalue weighted by Gasteiger charge is 2.17. The smallest absolute Gasteiger partial charge is 0.161 e. The van der Waals surface area contributed by atoms with E-state index in [-0.39, 0.29) is 0 Å². The van der Waals surface area contributed by atoms with Crippen LogP contribution in [0.15, 0.2) is 29.3 Å². The van der Waals surface area contributed by atoms with Crippen LogP contribution in [0.1, 0.15) is 18.9 Å². The highest BCUT2D eigenvalue weighted by Crippen LogP contribution is 2.24. The van der Waals surface area contributed by atoms with Crippen LogP contribution in [0.3, 0.4) is 0 Å². The SMILES string of the molecule is CC[C@H]1CN=C(Nc2cccc(C)c2)S1. The molecule has 0 saturated carbocycles. The van der Waals surface area contributed by atoms with E-state index in [2.05, 4.69) is 48.4 Å². The monoisotopic (exact) mass is 220 g/mol. The average Bonchev–Trinajstić information content (AvgIpc) is 2.65. The van der Waals surface area contributed by atoms with Gasteiger partial charge in [-0.2, -0.15) is 0 Å². The second kappa shape index (κ2) is 4.71. The van der Waals surface area contributed by atoms with Gasteiger partial charge in [0, 0.05) is 10.9 Å². The number of amidine groups is 1. The summed E-state index contributed by atoms with van der Waals surface area (Å²) in [6, 6.07) is 8.39. The molecule has 0 aromatic heterocycles. The van der Waals surface area contributed by atoms with Gasteiger partial charge in [-0.3, -0.25) is 4.99 Å². The van der Waals surface area contributed by atoms with E-state index in [1.165, 1.54) is 12.0 Å². The summed E-state index contributed by atoms with van der Waals surface area (Å²) in [6.45, 7) is 5.27. The van der Waals surface area contributed by atoms with Gasteiger partial charge >= 0.3 is 0 Å². The molecule has 2 nitrogen and oxygen atoms in total. The maximum atomic E-state index is 4.48. The molecule has 0 spiro atoms. The van der Waals surface area contributed by atoms with Gasteiger partial charge in [0.05, 0.1) is 6.54 Å². The Labute approximate surface area is 95.2 Å². The molecule has 2 rings (SSSR count). The molecule has 1 aliphatic heterocycles. The quantitative estimate of drug-likeness (QED) is 0.827. The third kappa shape index (κ3) is 2.75. The molecular formula is C12H16N2S. The van der Waals surface area contributed by atoms with E-state index in [4.69, 9.17) is 0 Å². The van der Waals surface area contributed by atoms with Gasteiger partial charge in [0.1, 0.15) is 0 Å². The van der Waals surface area contributed by atoms with Gasteiger partial charge in [0.25, 0.3) is 0 Å². The number of thioether (sulfide) groups is 1. The van der Waals surface area contributed by atoms with Gasteiger partial charge in [0.2, 0.25) is 0 Å². The van der Waals surface area contributed by atoms with Crippen LogP contribution < -0.4 is 5.32 Å². The van der Waals surface area contributed by atoms with Gasteiger partial charge < -0.3 is 5.32 Å². The lowest BCUT2D eigenvalue weighted by Gasteiger charge is -2.07. The minimum absolute atomic E-state index is 0.664.